The number of fused-ring (bicyclic) bond motifs is 1. The van der Waals surface area contributed by atoms with Gasteiger partial charge in [0.1, 0.15) is 0 Å². The van der Waals surface area contributed by atoms with E-state index in [4.69, 9.17) is 0 Å². The molecule has 90 valence electrons. The van der Waals surface area contributed by atoms with Crippen molar-refractivity contribution in [2.75, 3.05) is 0 Å². The SMILES string of the molecule is O=C1NC(=O)/C(=C/c2c[nH]c3c2C=CC=CC3)S1. The highest BCUT2D eigenvalue weighted by atomic mass is 32.2. The van der Waals surface area contributed by atoms with E-state index in [0.717, 1.165) is 35.0 Å². The minimum Gasteiger partial charge on any atom is -0.364 e. The summed E-state index contributed by atoms with van der Waals surface area (Å²) >= 11 is 0.936. The van der Waals surface area contributed by atoms with Crippen molar-refractivity contribution in [3.63, 3.8) is 0 Å². The van der Waals surface area contributed by atoms with Gasteiger partial charge in [-0.3, -0.25) is 14.9 Å². The van der Waals surface area contributed by atoms with Gasteiger partial charge in [0, 0.05) is 29.4 Å². The highest BCUT2D eigenvalue weighted by molar-refractivity contribution is 8.18. The number of aromatic nitrogens is 1. The Balaban J connectivity index is 2.00. The second-order valence-electron chi connectivity index (χ2n) is 3.98. The first-order valence-corrected chi connectivity index (χ1v) is 6.34. The zero-order valence-corrected chi connectivity index (χ0v) is 10.2. The van der Waals surface area contributed by atoms with Crippen LogP contribution >= 0.6 is 11.8 Å². The molecule has 2 N–H and O–H groups in total. The largest absolute Gasteiger partial charge is 0.364 e. The lowest BCUT2D eigenvalue weighted by Crippen LogP contribution is -2.17. The Labute approximate surface area is 108 Å². The third-order valence-corrected chi connectivity index (χ3v) is 3.61. The Hall–Kier alpha value is -2.01. The first-order valence-electron chi connectivity index (χ1n) is 5.52. The van der Waals surface area contributed by atoms with Crippen molar-refractivity contribution >= 4 is 35.1 Å². The Kier molecular flexibility index (Phi) is 2.68. The number of hydrogen-bond acceptors (Lipinski definition) is 3. The molecule has 0 aromatic carbocycles. The van der Waals surface area contributed by atoms with Crippen LogP contribution < -0.4 is 5.32 Å². The van der Waals surface area contributed by atoms with Crippen LogP contribution in [0.15, 0.2) is 29.3 Å². The highest BCUT2D eigenvalue weighted by Gasteiger charge is 2.25. The zero-order chi connectivity index (χ0) is 12.5. The molecule has 2 heterocycles. The van der Waals surface area contributed by atoms with Crippen molar-refractivity contribution in [2.45, 2.75) is 6.42 Å². The highest BCUT2D eigenvalue weighted by Crippen LogP contribution is 2.28. The minimum absolute atomic E-state index is 0.315. The normalized spacial score (nSPS) is 20.1. The predicted octanol–water partition coefficient (Wildman–Crippen LogP) is 2.46. The number of nitrogens with one attached hydrogen (secondary N) is 2. The van der Waals surface area contributed by atoms with Crippen molar-refractivity contribution in [2.24, 2.45) is 0 Å². The van der Waals surface area contributed by atoms with Crippen molar-refractivity contribution in [3.05, 3.63) is 46.2 Å². The molecule has 3 rings (SSSR count). The fourth-order valence-corrected chi connectivity index (χ4v) is 2.63. The Morgan fingerprint density at radius 3 is 2.94 bits per heavy atom. The van der Waals surface area contributed by atoms with E-state index in [-0.39, 0.29) is 11.1 Å². The lowest BCUT2D eigenvalue weighted by molar-refractivity contribution is -0.115. The Morgan fingerprint density at radius 2 is 2.17 bits per heavy atom. The van der Waals surface area contributed by atoms with E-state index >= 15 is 0 Å². The van der Waals surface area contributed by atoms with Gasteiger partial charge in [0.25, 0.3) is 11.1 Å². The molecule has 0 radical (unpaired) electrons. The second kappa shape index (κ2) is 4.34. The molecule has 1 aliphatic heterocycles. The number of carbonyl (C=O) groups excluding carboxylic acids is 2. The Bertz CT molecular complexity index is 623. The molecule has 1 aromatic heterocycles. The summed E-state index contributed by atoms with van der Waals surface area (Å²) in [6, 6.07) is 0. The molecule has 0 unspecified atom stereocenters. The van der Waals surface area contributed by atoms with Gasteiger partial charge in [-0.1, -0.05) is 24.3 Å². The fourth-order valence-electron chi connectivity index (χ4n) is 1.96. The van der Waals surface area contributed by atoms with Crippen LogP contribution in [0, 0.1) is 0 Å². The van der Waals surface area contributed by atoms with Gasteiger partial charge in [-0.15, -0.1) is 0 Å². The van der Waals surface area contributed by atoms with E-state index in [2.05, 4.69) is 16.4 Å². The average molecular weight is 258 g/mol. The molecule has 2 aliphatic rings. The predicted molar refractivity (Wildman–Crippen MR) is 71.8 cm³/mol. The second-order valence-corrected chi connectivity index (χ2v) is 4.99. The van der Waals surface area contributed by atoms with Gasteiger partial charge in [-0.25, -0.2) is 0 Å². The number of aromatic amines is 1. The molecule has 1 aliphatic carbocycles. The van der Waals surface area contributed by atoms with E-state index in [1.165, 1.54) is 0 Å². The number of carbonyl (C=O) groups is 2. The van der Waals surface area contributed by atoms with Crippen molar-refractivity contribution in [3.8, 4) is 0 Å². The molecule has 5 heteroatoms. The first kappa shape index (κ1) is 11.1. The van der Waals surface area contributed by atoms with Crippen LogP contribution in [-0.2, 0) is 11.2 Å². The lowest BCUT2D eigenvalue weighted by atomic mass is 10.1. The number of imide groups is 1. The molecule has 0 spiro atoms. The maximum absolute atomic E-state index is 11.5. The molecular formula is C13H10N2O2S. The molecule has 0 atom stereocenters. The maximum atomic E-state index is 11.5. The molecule has 18 heavy (non-hydrogen) atoms. The zero-order valence-electron chi connectivity index (χ0n) is 9.40. The van der Waals surface area contributed by atoms with E-state index in [1.54, 1.807) is 6.08 Å². The third kappa shape index (κ3) is 1.93. The summed E-state index contributed by atoms with van der Waals surface area (Å²) in [7, 11) is 0. The van der Waals surface area contributed by atoms with Crippen LogP contribution in [0.5, 0.6) is 0 Å². The van der Waals surface area contributed by atoms with Crippen molar-refractivity contribution in [1.82, 2.24) is 10.3 Å². The number of rotatable bonds is 1. The molecule has 2 amide bonds. The topological polar surface area (TPSA) is 62.0 Å². The summed E-state index contributed by atoms with van der Waals surface area (Å²) < 4.78 is 0. The van der Waals surface area contributed by atoms with Gasteiger partial charge < -0.3 is 4.98 Å². The van der Waals surface area contributed by atoms with E-state index in [9.17, 15) is 9.59 Å². The summed E-state index contributed by atoms with van der Waals surface area (Å²) in [5.74, 6) is -0.323. The maximum Gasteiger partial charge on any atom is 0.290 e. The first-order chi connectivity index (χ1) is 8.74. The number of allylic oxidation sites excluding steroid dienone is 3. The van der Waals surface area contributed by atoms with E-state index in [1.807, 2.05) is 24.4 Å². The molecule has 1 saturated heterocycles. The van der Waals surface area contributed by atoms with E-state index < -0.39 is 0 Å². The van der Waals surface area contributed by atoms with Crippen LogP contribution in [0.1, 0.15) is 16.8 Å². The average Bonchev–Trinajstić information content (AvgIpc) is 2.75. The molecule has 1 aromatic rings. The molecule has 1 fully saturated rings. The molecular weight excluding hydrogens is 248 g/mol. The van der Waals surface area contributed by atoms with Gasteiger partial charge in [0.05, 0.1) is 4.91 Å². The van der Waals surface area contributed by atoms with Crippen molar-refractivity contribution in [1.29, 1.82) is 0 Å². The summed E-state index contributed by atoms with van der Waals surface area (Å²) in [4.78, 5) is 26.2. The summed E-state index contributed by atoms with van der Waals surface area (Å²) in [6.45, 7) is 0. The molecule has 4 nitrogen and oxygen atoms in total. The van der Waals surface area contributed by atoms with Crippen LogP contribution in [0.3, 0.4) is 0 Å². The lowest BCUT2D eigenvalue weighted by Gasteiger charge is -1.96. The third-order valence-electron chi connectivity index (χ3n) is 2.80. The van der Waals surface area contributed by atoms with Crippen LogP contribution in [0.25, 0.3) is 12.2 Å². The molecule has 0 bridgehead atoms. The summed E-state index contributed by atoms with van der Waals surface area (Å²) in [5.41, 5.74) is 3.11. The summed E-state index contributed by atoms with van der Waals surface area (Å²) in [6.07, 6.45) is 12.5. The van der Waals surface area contributed by atoms with Gasteiger partial charge in [0.2, 0.25) is 0 Å². The smallest absolute Gasteiger partial charge is 0.290 e. The van der Waals surface area contributed by atoms with Crippen LogP contribution in [0.2, 0.25) is 0 Å². The van der Waals surface area contributed by atoms with Gasteiger partial charge in [0.15, 0.2) is 0 Å². The summed E-state index contributed by atoms with van der Waals surface area (Å²) in [5, 5.41) is 1.93. The standard InChI is InChI=1S/C13H10N2O2S/c16-12-11(18-13(17)15-12)6-8-7-14-10-5-3-1-2-4-9(8)10/h1-4,6-7,14H,5H2,(H,15,16,17)/b11-6-. The Morgan fingerprint density at radius 1 is 1.28 bits per heavy atom. The van der Waals surface area contributed by atoms with Crippen LogP contribution in [0.4, 0.5) is 4.79 Å². The van der Waals surface area contributed by atoms with Gasteiger partial charge >= 0.3 is 0 Å². The number of hydrogen-bond donors (Lipinski definition) is 2. The quantitative estimate of drug-likeness (QED) is 0.761. The van der Waals surface area contributed by atoms with Gasteiger partial charge in [-0.2, -0.15) is 0 Å². The monoisotopic (exact) mass is 258 g/mol. The molecule has 0 saturated carbocycles. The van der Waals surface area contributed by atoms with E-state index in [0.29, 0.717) is 4.91 Å². The fraction of sp³-hybridized carbons (Fsp3) is 0.0769. The number of thioether (sulfide) groups is 1. The van der Waals surface area contributed by atoms with Crippen molar-refractivity contribution < 1.29 is 9.59 Å². The number of H-pyrrole nitrogens is 1. The number of amides is 2. The van der Waals surface area contributed by atoms with Crippen LogP contribution in [-0.4, -0.2) is 16.1 Å². The van der Waals surface area contributed by atoms with Gasteiger partial charge in [-0.05, 0) is 17.8 Å². The minimum atomic E-state index is -0.323.